The van der Waals surface area contributed by atoms with Crippen molar-refractivity contribution < 1.29 is 22.4 Å². The molecule has 0 aliphatic heterocycles. The first-order valence-corrected chi connectivity index (χ1v) is 9.51. The normalized spacial score (nSPS) is 13.4. The molecule has 1 aromatic carbocycles. The highest BCUT2D eigenvalue weighted by Crippen LogP contribution is 2.24. The van der Waals surface area contributed by atoms with E-state index in [4.69, 9.17) is 8.83 Å². The van der Waals surface area contributed by atoms with E-state index in [1.807, 2.05) is 0 Å². The molecule has 26 heavy (non-hydrogen) atoms. The third kappa shape index (κ3) is 3.46. The molecule has 0 amide bonds. The highest BCUT2D eigenvalue weighted by Gasteiger charge is 2.19. The predicted molar refractivity (Wildman–Crippen MR) is 94.4 cm³/mol. The number of fused-ring (bicyclic) bond motifs is 1. The van der Waals surface area contributed by atoms with Gasteiger partial charge in [0.2, 0.25) is 10.0 Å². The lowest BCUT2D eigenvalue weighted by Gasteiger charge is -2.11. The molecule has 0 aliphatic carbocycles. The van der Waals surface area contributed by atoms with E-state index in [-0.39, 0.29) is 17.9 Å². The van der Waals surface area contributed by atoms with Gasteiger partial charge >= 0.3 is 5.76 Å². The summed E-state index contributed by atoms with van der Waals surface area (Å²) in [6.45, 7) is 3.58. The van der Waals surface area contributed by atoms with Crippen LogP contribution in [0.4, 0.5) is 0 Å². The number of nitrogens with zero attached hydrogens (tertiary/aromatic N) is 1. The minimum atomic E-state index is -3.78. The Hall–Kier alpha value is -2.36. The summed E-state index contributed by atoms with van der Waals surface area (Å²) >= 11 is 0. The lowest BCUT2D eigenvalue weighted by molar-refractivity contribution is 0.167. The third-order valence-electron chi connectivity index (χ3n) is 4.22. The number of aliphatic hydroxyl groups is 1. The van der Waals surface area contributed by atoms with Crippen molar-refractivity contribution in [3.63, 3.8) is 0 Å². The Labute approximate surface area is 150 Å². The molecule has 0 unspecified atom stereocenters. The van der Waals surface area contributed by atoms with Gasteiger partial charge in [0.15, 0.2) is 5.58 Å². The zero-order valence-electron chi connectivity index (χ0n) is 14.6. The summed E-state index contributed by atoms with van der Waals surface area (Å²) in [6.07, 6.45) is -0.627. The first-order valence-electron chi connectivity index (χ1n) is 8.03. The van der Waals surface area contributed by atoms with Crippen molar-refractivity contribution in [1.29, 1.82) is 0 Å². The van der Waals surface area contributed by atoms with Crippen molar-refractivity contribution >= 4 is 21.1 Å². The molecule has 9 heteroatoms. The molecule has 1 atom stereocenters. The van der Waals surface area contributed by atoms with E-state index in [1.54, 1.807) is 19.9 Å². The fraction of sp³-hybridized carbons (Fsp3) is 0.353. The van der Waals surface area contributed by atoms with Gasteiger partial charge in [0.1, 0.15) is 11.5 Å². The van der Waals surface area contributed by atoms with E-state index in [2.05, 4.69) is 4.72 Å². The van der Waals surface area contributed by atoms with Crippen LogP contribution in [0.15, 0.2) is 42.8 Å². The zero-order chi connectivity index (χ0) is 19.1. The second-order valence-corrected chi connectivity index (χ2v) is 7.89. The lowest BCUT2D eigenvalue weighted by Crippen LogP contribution is -2.26. The van der Waals surface area contributed by atoms with Gasteiger partial charge in [-0.15, -0.1) is 0 Å². The van der Waals surface area contributed by atoms with E-state index >= 15 is 0 Å². The molecule has 0 saturated heterocycles. The Balaban J connectivity index is 1.72. The summed E-state index contributed by atoms with van der Waals surface area (Å²) in [5.74, 6) is 0.747. The first-order chi connectivity index (χ1) is 12.2. The van der Waals surface area contributed by atoms with Crippen molar-refractivity contribution in [3.8, 4) is 0 Å². The van der Waals surface area contributed by atoms with Crippen molar-refractivity contribution in [2.45, 2.75) is 31.3 Å². The van der Waals surface area contributed by atoms with E-state index in [0.717, 1.165) is 0 Å². The molecule has 0 aliphatic rings. The minimum Gasteiger partial charge on any atom is -0.466 e. The number of nitrogens with one attached hydrogen (secondary N) is 1. The molecule has 0 spiro atoms. The average Bonchev–Trinajstić information content (AvgIpc) is 3.06. The molecule has 3 aromatic rings. The second kappa shape index (κ2) is 6.75. The number of sulfonamides is 1. The van der Waals surface area contributed by atoms with Crippen LogP contribution in [0, 0.1) is 13.8 Å². The van der Waals surface area contributed by atoms with Gasteiger partial charge in [-0.3, -0.25) is 4.57 Å². The number of hydrogen-bond donors (Lipinski definition) is 2. The van der Waals surface area contributed by atoms with Crippen molar-refractivity contribution in [3.05, 3.63) is 51.9 Å². The van der Waals surface area contributed by atoms with Gasteiger partial charge in [0.05, 0.1) is 16.5 Å². The Morgan fingerprint density at radius 2 is 1.96 bits per heavy atom. The molecule has 0 saturated carbocycles. The van der Waals surface area contributed by atoms with Gasteiger partial charge in [-0.05, 0) is 44.5 Å². The van der Waals surface area contributed by atoms with Gasteiger partial charge < -0.3 is 13.9 Å². The maximum Gasteiger partial charge on any atom is 0.419 e. The smallest absolute Gasteiger partial charge is 0.419 e. The molecule has 2 heterocycles. The zero-order valence-corrected chi connectivity index (χ0v) is 15.5. The van der Waals surface area contributed by atoms with Gasteiger partial charge in [0.25, 0.3) is 0 Å². The molecule has 3 rings (SSSR count). The Bertz CT molecular complexity index is 1110. The molecule has 0 radical (unpaired) electrons. The van der Waals surface area contributed by atoms with Crippen molar-refractivity contribution in [2.75, 3.05) is 6.54 Å². The number of aryl methyl sites for hydroxylation is 3. The Morgan fingerprint density at radius 3 is 2.62 bits per heavy atom. The summed E-state index contributed by atoms with van der Waals surface area (Å²) in [6, 6.07) is 5.93. The standard InChI is InChI=1S/C17H20N2O6S/c1-10-8-13(11(2)24-10)15(20)6-7-18-26(22,23)12-4-5-16-14(9-12)19(3)17(21)25-16/h4-5,8-9,15,18,20H,6-7H2,1-3H3/t15-/m1/s1. The third-order valence-corrected chi connectivity index (χ3v) is 5.68. The molecular weight excluding hydrogens is 360 g/mol. The number of aliphatic hydroxyl groups excluding tert-OH is 1. The first kappa shape index (κ1) is 18.4. The highest BCUT2D eigenvalue weighted by atomic mass is 32.2. The summed E-state index contributed by atoms with van der Waals surface area (Å²) in [4.78, 5) is 11.5. The maximum absolute atomic E-state index is 12.5. The highest BCUT2D eigenvalue weighted by molar-refractivity contribution is 7.89. The summed E-state index contributed by atoms with van der Waals surface area (Å²) < 4.78 is 39.0. The van der Waals surface area contributed by atoms with E-state index in [9.17, 15) is 18.3 Å². The molecule has 8 nitrogen and oxygen atoms in total. The van der Waals surface area contributed by atoms with E-state index in [1.165, 1.54) is 29.8 Å². The number of aromatic nitrogens is 1. The van der Waals surface area contributed by atoms with Crippen LogP contribution >= 0.6 is 0 Å². The molecular formula is C17H20N2O6S. The largest absolute Gasteiger partial charge is 0.466 e. The Morgan fingerprint density at radius 1 is 1.23 bits per heavy atom. The van der Waals surface area contributed by atoms with Crippen LogP contribution in [0.25, 0.3) is 11.1 Å². The Kier molecular flexibility index (Phi) is 4.78. The number of rotatable bonds is 6. The number of oxazole rings is 1. The van der Waals surface area contributed by atoms with Gasteiger partial charge in [-0.1, -0.05) is 0 Å². The topological polar surface area (TPSA) is 115 Å². The summed E-state index contributed by atoms with van der Waals surface area (Å²) in [7, 11) is -2.28. The summed E-state index contributed by atoms with van der Waals surface area (Å²) in [5, 5.41) is 10.2. The quantitative estimate of drug-likeness (QED) is 0.673. The van der Waals surface area contributed by atoms with Gasteiger partial charge in [0, 0.05) is 19.2 Å². The van der Waals surface area contributed by atoms with E-state index in [0.29, 0.717) is 28.2 Å². The van der Waals surface area contributed by atoms with Crippen molar-refractivity contribution in [1.82, 2.24) is 9.29 Å². The number of hydrogen-bond acceptors (Lipinski definition) is 6. The fourth-order valence-electron chi connectivity index (χ4n) is 2.82. The average molecular weight is 380 g/mol. The monoisotopic (exact) mass is 380 g/mol. The second-order valence-electron chi connectivity index (χ2n) is 6.13. The van der Waals surface area contributed by atoms with Crippen LogP contribution < -0.4 is 10.5 Å². The molecule has 140 valence electrons. The maximum atomic E-state index is 12.5. The lowest BCUT2D eigenvalue weighted by atomic mass is 10.1. The predicted octanol–water partition coefficient (Wildman–Crippen LogP) is 1.74. The molecule has 2 N–H and O–H groups in total. The van der Waals surface area contributed by atoms with Crippen LogP contribution in [0.2, 0.25) is 0 Å². The fourth-order valence-corrected chi connectivity index (χ4v) is 3.89. The van der Waals surface area contributed by atoms with Gasteiger partial charge in [-0.25, -0.2) is 17.9 Å². The van der Waals surface area contributed by atoms with Crippen LogP contribution in [0.5, 0.6) is 0 Å². The van der Waals surface area contributed by atoms with Crippen molar-refractivity contribution in [2.24, 2.45) is 7.05 Å². The number of benzene rings is 1. The van der Waals surface area contributed by atoms with Crippen LogP contribution in [0.1, 0.15) is 29.6 Å². The van der Waals surface area contributed by atoms with Crippen LogP contribution in [-0.2, 0) is 17.1 Å². The minimum absolute atomic E-state index is 0.0197. The van der Waals surface area contributed by atoms with E-state index < -0.39 is 21.9 Å². The summed E-state index contributed by atoms with van der Waals surface area (Å²) in [5.41, 5.74) is 1.36. The molecule has 0 bridgehead atoms. The molecule has 0 fully saturated rings. The van der Waals surface area contributed by atoms with Crippen LogP contribution in [-0.4, -0.2) is 24.6 Å². The number of furan rings is 1. The molecule has 2 aromatic heterocycles. The van der Waals surface area contributed by atoms with Gasteiger partial charge in [-0.2, -0.15) is 0 Å². The van der Waals surface area contributed by atoms with Crippen LogP contribution in [0.3, 0.4) is 0 Å². The SMILES string of the molecule is Cc1cc([C@H](O)CCNS(=O)(=O)c2ccc3oc(=O)n(C)c3c2)c(C)o1.